The number of hydrogen-bond donors (Lipinski definition) is 2. The van der Waals surface area contributed by atoms with Crippen molar-refractivity contribution in [3.8, 4) is 5.75 Å². The molecule has 3 N–H and O–H groups in total. The van der Waals surface area contributed by atoms with Gasteiger partial charge in [0.15, 0.2) is 0 Å². The number of para-hydroxylation sites is 1. The molecule has 0 amide bonds. The van der Waals surface area contributed by atoms with Crippen molar-refractivity contribution < 1.29 is 4.74 Å². The summed E-state index contributed by atoms with van der Waals surface area (Å²) < 4.78 is 5.85. The van der Waals surface area contributed by atoms with Gasteiger partial charge in [-0.15, -0.1) is 0 Å². The third-order valence-electron chi connectivity index (χ3n) is 3.40. The van der Waals surface area contributed by atoms with Crippen LogP contribution in [0.3, 0.4) is 0 Å². The van der Waals surface area contributed by atoms with Crippen LogP contribution in [0.1, 0.15) is 38.8 Å². The first-order valence-electron chi connectivity index (χ1n) is 6.35. The third-order valence-corrected chi connectivity index (χ3v) is 3.40. The van der Waals surface area contributed by atoms with Gasteiger partial charge in [-0.25, -0.2) is 0 Å². The first-order valence-corrected chi connectivity index (χ1v) is 6.35. The van der Waals surface area contributed by atoms with Crippen LogP contribution in [0.4, 0.5) is 0 Å². The van der Waals surface area contributed by atoms with Gasteiger partial charge in [-0.2, -0.15) is 0 Å². The van der Waals surface area contributed by atoms with E-state index in [1.807, 2.05) is 32.0 Å². The summed E-state index contributed by atoms with van der Waals surface area (Å²) >= 11 is 0. The molecule has 1 fully saturated rings. The van der Waals surface area contributed by atoms with Crippen LogP contribution in [0, 0.1) is 11.8 Å². The highest BCUT2D eigenvalue weighted by Crippen LogP contribution is 2.48. The maximum absolute atomic E-state index is 5.85. The van der Waals surface area contributed by atoms with Crippen molar-refractivity contribution in [2.45, 2.75) is 39.3 Å². The van der Waals surface area contributed by atoms with Gasteiger partial charge in [-0.3, -0.25) is 11.3 Å². The SMILES string of the molecule is CC(C)Oc1ccccc1C(NN)C1CC1C. The van der Waals surface area contributed by atoms with Crippen molar-refractivity contribution in [1.82, 2.24) is 5.43 Å². The normalized spacial score (nSPS) is 24.8. The van der Waals surface area contributed by atoms with E-state index in [1.54, 1.807) is 0 Å². The Morgan fingerprint density at radius 2 is 2.00 bits per heavy atom. The zero-order valence-electron chi connectivity index (χ0n) is 10.8. The molecule has 0 saturated heterocycles. The van der Waals surface area contributed by atoms with Crippen LogP contribution < -0.4 is 16.0 Å². The average Bonchev–Trinajstić information content (AvgIpc) is 2.98. The summed E-state index contributed by atoms with van der Waals surface area (Å²) in [4.78, 5) is 0. The molecule has 0 aliphatic heterocycles. The Morgan fingerprint density at radius 1 is 1.35 bits per heavy atom. The fourth-order valence-electron chi connectivity index (χ4n) is 2.36. The topological polar surface area (TPSA) is 47.3 Å². The lowest BCUT2D eigenvalue weighted by Gasteiger charge is -2.21. The smallest absolute Gasteiger partial charge is 0.124 e. The minimum atomic E-state index is 0.186. The quantitative estimate of drug-likeness (QED) is 0.608. The van der Waals surface area contributed by atoms with Gasteiger partial charge < -0.3 is 4.74 Å². The zero-order valence-corrected chi connectivity index (χ0v) is 10.8. The number of rotatable bonds is 5. The largest absolute Gasteiger partial charge is 0.491 e. The van der Waals surface area contributed by atoms with Crippen LogP contribution in [0.25, 0.3) is 0 Å². The van der Waals surface area contributed by atoms with Crippen LogP contribution >= 0.6 is 0 Å². The molecule has 0 radical (unpaired) electrons. The first kappa shape index (κ1) is 12.4. The Hall–Kier alpha value is -1.06. The first-order chi connectivity index (χ1) is 8.13. The van der Waals surface area contributed by atoms with Crippen molar-refractivity contribution in [3.05, 3.63) is 29.8 Å². The molecule has 3 atom stereocenters. The van der Waals surface area contributed by atoms with E-state index >= 15 is 0 Å². The Balaban J connectivity index is 2.23. The molecule has 0 aromatic heterocycles. The van der Waals surface area contributed by atoms with Crippen molar-refractivity contribution in [2.75, 3.05) is 0 Å². The molecule has 0 heterocycles. The Morgan fingerprint density at radius 3 is 2.53 bits per heavy atom. The van der Waals surface area contributed by atoms with Crippen molar-refractivity contribution >= 4 is 0 Å². The van der Waals surface area contributed by atoms with Gasteiger partial charge in [0.25, 0.3) is 0 Å². The lowest BCUT2D eigenvalue weighted by atomic mass is 10.0. The van der Waals surface area contributed by atoms with Crippen molar-refractivity contribution in [2.24, 2.45) is 17.7 Å². The highest BCUT2D eigenvalue weighted by Gasteiger charge is 2.40. The molecule has 1 saturated carbocycles. The minimum absolute atomic E-state index is 0.186. The maximum Gasteiger partial charge on any atom is 0.124 e. The van der Waals surface area contributed by atoms with Gasteiger partial charge in [0.1, 0.15) is 5.75 Å². The van der Waals surface area contributed by atoms with Gasteiger partial charge in [-0.1, -0.05) is 25.1 Å². The third kappa shape index (κ3) is 2.79. The second-order valence-electron chi connectivity index (χ2n) is 5.23. The summed E-state index contributed by atoms with van der Waals surface area (Å²) in [6.45, 7) is 6.35. The number of ether oxygens (including phenoxy) is 1. The van der Waals surface area contributed by atoms with Crippen molar-refractivity contribution in [1.29, 1.82) is 0 Å². The van der Waals surface area contributed by atoms with Crippen LogP contribution in [-0.4, -0.2) is 6.10 Å². The molecule has 0 bridgehead atoms. The van der Waals surface area contributed by atoms with Gasteiger partial charge in [0.05, 0.1) is 12.1 Å². The van der Waals surface area contributed by atoms with E-state index in [0.717, 1.165) is 11.7 Å². The number of nitrogens with one attached hydrogen (secondary N) is 1. The number of nitrogens with two attached hydrogens (primary N) is 1. The van der Waals surface area contributed by atoms with Gasteiger partial charge >= 0.3 is 0 Å². The highest BCUT2D eigenvalue weighted by atomic mass is 16.5. The molecule has 1 aromatic rings. The van der Waals surface area contributed by atoms with E-state index in [9.17, 15) is 0 Å². The van der Waals surface area contributed by atoms with Gasteiger partial charge in [0.2, 0.25) is 0 Å². The summed E-state index contributed by atoms with van der Waals surface area (Å²) in [5.74, 6) is 8.04. The standard InChI is InChI=1S/C14H22N2O/c1-9(2)17-13-7-5-4-6-11(13)14(16-15)12-8-10(12)3/h4-7,9-10,12,14,16H,8,15H2,1-3H3. The predicted octanol–water partition coefficient (Wildman–Crippen LogP) is 2.63. The van der Waals surface area contributed by atoms with Crippen LogP contribution in [0.2, 0.25) is 0 Å². The zero-order chi connectivity index (χ0) is 12.4. The number of benzene rings is 1. The summed E-state index contributed by atoms with van der Waals surface area (Å²) in [6, 6.07) is 8.38. The molecule has 17 heavy (non-hydrogen) atoms. The molecule has 0 spiro atoms. The van der Waals surface area contributed by atoms with E-state index in [4.69, 9.17) is 10.6 Å². The number of hydrazine groups is 1. The molecule has 1 aliphatic rings. The Bertz CT molecular complexity index is 378. The summed E-state index contributed by atoms with van der Waals surface area (Å²) in [7, 11) is 0. The fourth-order valence-corrected chi connectivity index (χ4v) is 2.36. The second kappa shape index (κ2) is 5.07. The van der Waals surface area contributed by atoms with Gasteiger partial charge in [-0.05, 0) is 38.2 Å². The molecule has 3 nitrogen and oxygen atoms in total. The Kier molecular flexibility index (Phi) is 3.69. The molecule has 94 valence electrons. The Labute approximate surface area is 103 Å². The van der Waals surface area contributed by atoms with E-state index in [2.05, 4.69) is 18.4 Å². The maximum atomic E-state index is 5.85. The lowest BCUT2D eigenvalue weighted by Crippen LogP contribution is -2.30. The molecular formula is C14H22N2O. The average molecular weight is 234 g/mol. The fraction of sp³-hybridized carbons (Fsp3) is 0.571. The second-order valence-corrected chi connectivity index (χ2v) is 5.23. The molecule has 3 unspecified atom stereocenters. The van der Waals surface area contributed by atoms with Gasteiger partial charge in [0, 0.05) is 5.56 Å². The van der Waals surface area contributed by atoms with Crippen LogP contribution in [0.15, 0.2) is 24.3 Å². The highest BCUT2D eigenvalue weighted by molar-refractivity contribution is 5.37. The van der Waals surface area contributed by atoms with Crippen molar-refractivity contribution in [3.63, 3.8) is 0 Å². The summed E-state index contributed by atoms with van der Waals surface area (Å²) in [5, 5.41) is 0. The summed E-state index contributed by atoms with van der Waals surface area (Å²) in [5.41, 5.74) is 4.12. The summed E-state index contributed by atoms with van der Waals surface area (Å²) in [6.07, 6.45) is 1.43. The molecule has 1 aromatic carbocycles. The minimum Gasteiger partial charge on any atom is -0.491 e. The van der Waals surface area contributed by atoms with Crippen LogP contribution in [0.5, 0.6) is 5.75 Å². The van der Waals surface area contributed by atoms with E-state index in [-0.39, 0.29) is 12.1 Å². The molecule has 3 heteroatoms. The lowest BCUT2D eigenvalue weighted by molar-refractivity contribution is 0.236. The van der Waals surface area contributed by atoms with Crippen LogP contribution in [-0.2, 0) is 0 Å². The molecule has 2 rings (SSSR count). The monoisotopic (exact) mass is 234 g/mol. The predicted molar refractivity (Wildman–Crippen MR) is 69.5 cm³/mol. The van der Waals surface area contributed by atoms with E-state index < -0.39 is 0 Å². The van der Waals surface area contributed by atoms with E-state index in [1.165, 1.54) is 12.0 Å². The number of hydrogen-bond acceptors (Lipinski definition) is 3. The molecular weight excluding hydrogens is 212 g/mol. The van der Waals surface area contributed by atoms with E-state index in [0.29, 0.717) is 5.92 Å². The molecule has 1 aliphatic carbocycles.